The molecule has 0 unspecified atom stereocenters. The second kappa shape index (κ2) is 14.4. The van der Waals surface area contributed by atoms with Gasteiger partial charge in [0.25, 0.3) is 0 Å². The highest BCUT2D eigenvalue weighted by atomic mass is 32.1. The van der Waals surface area contributed by atoms with Gasteiger partial charge in [0, 0.05) is 26.1 Å². The van der Waals surface area contributed by atoms with Crippen LogP contribution >= 0.6 is 11.3 Å². The number of fused-ring (bicyclic) bond motifs is 3. The summed E-state index contributed by atoms with van der Waals surface area (Å²) in [5, 5.41) is 2.85. The van der Waals surface area contributed by atoms with Crippen molar-refractivity contribution in [2.75, 3.05) is 0 Å². The van der Waals surface area contributed by atoms with Gasteiger partial charge in [0.05, 0.1) is 0 Å². The van der Waals surface area contributed by atoms with Crippen molar-refractivity contribution in [3.63, 3.8) is 0 Å². The molecule has 2 aromatic heterocycles. The minimum absolute atomic E-state index is 0.648. The molecule has 0 N–H and O–H groups in total. The van der Waals surface area contributed by atoms with Crippen molar-refractivity contribution in [2.45, 2.75) is 0 Å². The Hall–Kier alpha value is -5.78. The molecule has 0 aliphatic rings. The van der Waals surface area contributed by atoms with Gasteiger partial charge in [-0.05, 0) is 44.2 Å². The zero-order valence-electron chi connectivity index (χ0n) is 33.0. The summed E-state index contributed by atoms with van der Waals surface area (Å²) in [7, 11) is 16.0. The van der Waals surface area contributed by atoms with E-state index < -0.39 is 0 Å². The Bertz CT molecular complexity index is 2850. The van der Waals surface area contributed by atoms with Crippen LogP contribution in [0.2, 0.25) is 0 Å². The maximum atomic E-state index is 5.09. The van der Waals surface area contributed by atoms with E-state index in [1.54, 1.807) is 0 Å². The molecule has 0 fully saturated rings. The fraction of sp³-hybridized carbons (Fsp3) is 0. The molecule has 11 heteroatoms. The molecule has 0 spiro atoms. The standard InChI is InChI=1S/C45H36B7N3S/c46-34-31(37(49)41-32(35(34)47)33-36(48)38(50)39(51)40(52)42(33)56-41)27-15-21-30(22-16-27)45-54-43(28-17-11-25(12-18-28)23-7-3-1-4-8-23)53-44(55-45)29-19-13-26(14-20-29)24-9-5-2-6-10-24/h1-22H,46-52H2. The van der Waals surface area contributed by atoms with Crippen molar-refractivity contribution in [1.82, 2.24) is 15.0 Å². The van der Waals surface area contributed by atoms with Crippen LogP contribution in [0.15, 0.2) is 133 Å². The molecule has 0 radical (unpaired) electrons. The number of nitrogens with zero attached hydrogens (tertiary/aromatic N) is 3. The number of aromatic nitrogens is 3. The van der Waals surface area contributed by atoms with E-state index in [1.807, 2.05) is 23.5 Å². The van der Waals surface area contributed by atoms with E-state index in [-0.39, 0.29) is 0 Å². The second-order valence-electron chi connectivity index (χ2n) is 15.0. The van der Waals surface area contributed by atoms with Gasteiger partial charge in [0.15, 0.2) is 17.5 Å². The van der Waals surface area contributed by atoms with Gasteiger partial charge in [-0.15, -0.1) is 22.3 Å². The monoisotopic (exact) mass is 727 g/mol. The van der Waals surface area contributed by atoms with Crippen LogP contribution in [0.25, 0.3) is 87.7 Å². The van der Waals surface area contributed by atoms with E-state index in [0.29, 0.717) is 17.5 Å². The smallest absolute Gasteiger partial charge is 0.164 e. The highest BCUT2D eigenvalue weighted by Crippen LogP contribution is 2.32. The van der Waals surface area contributed by atoms with Crippen LogP contribution in [0.3, 0.4) is 0 Å². The lowest BCUT2D eigenvalue weighted by Crippen LogP contribution is -2.47. The molecule has 9 aromatic rings. The Labute approximate surface area is 338 Å². The van der Waals surface area contributed by atoms with Crippen molar-refractivity contribution < 1.29 is 0 Å². The molecular weight excluding hydrogens is 690 g/mol. The topological polar surface area (TPSA) is 38.7 Å². The number of thiophene rings is 1. The van der Waals surface area contributed by atoms with Crippen molar-refractivity contribution in [3.8, 4) is 67.5 Å². The number of hydrogen-bond donors (Lipinski definition) is 0. The van der Waals surface area contributed by atoms with Crippen LogP contribution in [-0.2, 0) is 0 Å². The van der Waals surface area contributed by atoms with E-state index >= 15 is 0 Å². The van der Waals surface area contributed by atoms with Gasteiger partial charge in [0.1, 0.15) is 54.9 Å². The van der Waals surface area contributed by atoms with E-state index in [4.69, 9.17) is 15.0 Å². The Morgan fingerprint density at radius 2 is 0.607 bits per heavy atom. The van der Waals surface area contributed by atoms with E-state index in [2.05, 4.69) is 176 Å². The predicted octanol–water partition coefficient (Wildman–Crippen LogP) is 0.0503. The van der Waals surface area contributed by atoms with Gasteiger partial charge in [-0.25, -0.2) is 15.0 Å². The number of benzene rings is 7. The molecule has 7 aromatic carbocycles. The van der Waals surface area contributed by atoms with Crippen LogP contribution in [-0.4, -0.2) is 69.9 Å². The molecule has 0 amide bonds. The second-order valence-corrected chi connectivity index (χ2v) is 16.1. The highest BCUT2D eigenvalue weighted by molar-refractivity contribution is 7.28. The molecule has 0 saturated heterocycles. The zero-order chi connectivity index (χ0) is 38.7. The van der Waals surface area contributed by atoms with Gasteiger partial charge in [0.2, 0.25) is 0 Å². The third-order valence-corrected chi connectivity index (χ3v) is 13.3. The molecule has 0 atom stereocenters. The average molecular weight is 727 g/mol. The Kier molecular flexibility index (Phi) is 9.22. The molecular formula is C45H36B7N3S. The van der Waals surface area contributed by atoms with E-state index in [0.717, 1.165) is 27.8 Å². The molecule has 0 aliphatic heterocycles. The highest BCUT2D eigenvalue weighted by Gasteiger charge is 2.21. The van der Waals surface area contributed by atoms with Crippen LogP contribution in [0, 0.1) is 0 Å². The molecule has 0 bridgehead atoms. The van der Waals surface area contributed by atoms with Crippen LogP contribution in [0.1, 0.15) is 0 Å². The largest absolute Gasteiger partial charge is 0.208 e. The first-order valence-corrected chi connectivity index (χ1v) is 20.1. The summed E-state index contributed by atoms with van der Waals surface area (Å²) in [5.41, 5.74) is 19.7. The van der Waals surface area contributed by atoms with Gasteiger partial charge >= 0.3 is 0 Å². The van der Waals surface area contributed by atoms with Crippen molar-refractivity contribution in [2.24, 2.45) is 0 Å². The minimum atomic E-state index is 0.648. The predicted molar refractivity (Wildman–Crippen MR) is 263 cm³/mol. The van der Waals surface area contributed by atoms with Crippen molar-refractivity contribution in [1.29, 1.82) is 0 Å². The number of rotatable bonds is 6. The lowest BCUT2D eigenvalue weighted by atomic mass is 9.64. The van der Waals surface area contributed by atoms with Crippen LogP contribution in [0.5, 0.6) is 0 Å². The number of hydrogen-bond acceptors (Lipinski definition) is 4. The zero-order valence-corrected chi connectivity index (χ0v) is 33.8. The fourth-order valence-corrected chi connectivity index (χ4v) is 9.71. The first-order chi connectivity index (χ1) is 27.2. The summed E-state index contributed by atoms with van der Waals surface area (Å²) < 4.78 is 2.81. The van der Waals surface area contributed by atoms with Gasteiger partial charge < -0.3 is 0 Å². The quantitative estimate of drug-likeness (QED) is 0.228. The summed E-state index contributed by atoms with van der Waals surface area (Å²) in [5.74, 6) is 1.95. The minimum Gasteiger partial charge on any atom is -0.208 e. The van der Waals surface area contributed by atoms with Crippen LogP contribution in [0.4, 0.5) is 0 Å². The molecule has 56 heavy (non-hydrogen) atoms. The van der Waals surface area contributed by atoms with Crippen molar-refractivity contribution in [3.05, 3.63) is 133 Å². The summed E-state index contributed by atoms with van der Waals surface area (Å²) in [6, 6.07) is 46.7. The molecule has 2 heterocycles. The third-order valence-electron chi connectivity index (χ3n) is 11.9. The van der Waals surface area contributed by atoms with Crippen LogP contribution < -0.4 is 38.2 Å². The lowest BCUT2D eigenvalue weighted by molar-refractivity contribution is 1.07. The first-order valence-electron chi connectivity index (χ1n) is 19.3. The first kappa shape index (κ1) is 35.9. The Morgan fingerprint density at radius 3 is 1.04 bits per heavy atom. The fourth-order valence-electron chi connectivity index (χ4n) is 8.23. The summed E-state index contributed by atoms with van der Waals surface area (Å²) >= 11 is 1.95. The van der Waals surface area contributed by atoms with Gasteiger partial charge in [-0.1, -0.05) is 161 Å². The Morgan fingerprint density at radius 1 is 0.286 bits per heavy atom. The summed E-state index contributed by atoms with van der Waals surface area (Å²) in [4.78, 5) is 15.2. The third kappa shape index (κ3) is 6.15. The van der Waals surface area contributed by atoms with Gasteiger partial charge in [-0.3, -0.25) is 0 Å². The van der Waals surface area contributed by atoms with Crippen molar-refractivity contribution >= 4 is 125 Å². The van der Waals surface area contributed by atoms with Gasteiger partial charge in [-0.2, -0.15) is 0 Å². The maximum Gasteiger partial charge on any atom is 0.164 e. The van der Waals surface area contributed by atoms with E-state index in [1.165, 1.54) is 80.7 Å². The summed E-state index contributed by atoms with van der Waals surface area (Å²) in [6.07, 6.45) is 0. The maximum absolute atomic E-state index is 5.09. The molecule has 3 nitrogen and oxygen atoms in total. The molecule has 9 rings (SSSR count). The molecule has 258 valence electrons. The summed E-state index contributed by atoms with van der Waals surface area (Å²) in [6.45, 7) is 0. The Balaban J connectivity index is 1.14. The SMILES string of the molecule is Bc1c(B)c(B)c2c(sc3c(B)c(-c4ccc(-c5nc(-c6ccc(-c7ccccc7)cc6)nc(-c6ccc(-c7ccccc7)cc6)n5)cc4)c(B)c(B)c32)c1B. The lowest BCUT2D eigenvalue weighted by Gasteiger charge is -2.17. The van der Waals surface area contributed by atoms with E-state index in [9.17, 15) is 0 Å². The molecule has 0 saturated carbocycles. The normalized spacial score (nSPS) is 11.4. The average Bonchev–Trinajstić information content (AvgIpc) is 3.67. The molecule has 0 aliphatic carbocycles.